The van der Waals surface area contributed by atoms with Crippen molar-refractivity contribution in [1.29, 1.82) is 0 Å². The number of carbonyl (C=O) groups is 1. The van der Waals surface area contributed by atoms with Crippen LogP contribution in [-0.4, -0.2) is 16.4 Å². The van der Waals surface area contributed by atoms with Crippen molar-refractivity contribution in [3.63, 3.8) is 0 Å². The van der Waals surface area contributed by atoms with E-state index < -0.39 is 17.3 Å². The van der Waals surface area contributed by atoms with E-state index in [1.807, 2.05) is 13.8 Å². The van der Waals surface area contributed by atoms with Gasteiger partial charge in [-0.25, -0.2) is 4.39 Å². The van der Waals surface area contributed by atoms with Gasteiger partial charge in [-0.15, -0.1) is 0 Å². The summed E-state index contributed by atoms with van der Waals surface area (Å²) in [6.45, 7) is 3.71. The smallest absolute Gasteiger partial charge is 0.256 e. The van der Waals surface area contributed by atoms with E-state index in [9.17, 15) is 9.18 Å². The molecular weight excluding hydrogens is 287 g/mol. The van der Waals surface area contributed by atoms with Gasteiger partial charge in [-0.1, -0.05) is 43.7 Å². The number of hydrogen-bond acceptors (Lipinski definition) is 2. The standard InChI is InChI=1S/C13H16ClFN2OS/c1-3-13(4-2,12(16)19)17-11(18)10-8(14)6-5-7-9(10)15/h5-7H,3-4H2,1-2H3,(H2,16,19)(H,17,18). The molecule has 3 N–H and O–H groups in total. The van der Waals surface area contributed by atoms with Crippen LogP contribution in [-0.2, 0) is 0 Å². The fraction of sp³-hybridized carbons (Fsp3) is 0.385. The molecule has 0 spiro atoms. The number of benzene rings is 1. The van der Waals surface area contributed by atoms with Crippen LogP contribution < -0.4 is 11.1 Å². The first kappa shape index (κ1) is 15.9. The number of amides is 1. The molecule has 104 valence electrons. The van der Waals surface area contributed by atoms with Crippen molar-refractivity contribution in [2.45, 2.75) is 32.2 Å². The Bertz CT molecular complexity index is 483. The number of rotatable bonds is 5. The van der Waals surface area contributed by atoms with Gasteiger partial charge in [0, 0.05) is 0 Å². The predicted octanol–water partition coefficient (Wildman–Crippen LogP) is 3.05. The van der Waals surface area contributed by atoms with Crippen molar-refractivity contribution in [2.24, 2.45) is 5.73 Å². The van der Waals surface area contributed by atoms with Gasteiger partial charge in [0.15, 0.2) is 0 Å². The maximum Gasteiger partial charge on any atom is 0.256 e. The Hall–Kier alpha value is -1.20. The van der Waals surface area contributed by atoms with Gasteiger partial charge < -0.3 is 11.1 Å². The zero-order chi connectivity index (χ0) is 14.6. The highest BCUT2D eigenvalue weighted by Crippen LogP contribution is 2.22. The van der Waals surface area contributed by atoms with Crippen molar-refractivity contribution in [3.05, 3.63) is 34.6 Å². The molecule has 0 bridgehead atoms. The first-order chi connectivity index (χ1) is 8.88. The number of thiocarbonyl (C=S) groups is 1. The molecule has 1 aromatic rings. The molecular formula is C13H16ClFN2OS. The molecule has 1 rings (SSSR count). The van der Waals surface area contributed by atoms with Crippen LogP contribution in [0.1, 0.15) is 37.0 Å². The molecule has 0 saturated heterocycles. The topological polar surface area (TPSA) is 55.1 Å². The minimum Gasteiger partial charge on any atom is -0.391 e. The molecule has 0 atom stereocenters. The molecule has 0 heterocycles. The van der Waals surface area contributed by atoms with Gasteiger partial charge in [0.25, 0.3) is 5.91 Å². The van der Waals surface area contributed by atoms with E-state index in [0.717, 1.165) is 0 Å². The molecule has 0 aromatic heterocycles. The summed E-state index contributed by atoms with van der Waals surface area (Å²) in [7, 11) is 0. The Labute approximate surface area is 122 Å². The summed E-state index contributed by atoms with van der Waals surface area (Å²) in [5.74, 6) is -1.28. The summed E-state index contributed by atoms with van der Waals surface area (Å²) in [5.41, 5.74) is 4.68. The summed E-state index contributed by atoms with van der Waals surface area (Å²) in [6.07, 6.45) is 1.05. The van der Waals surface area contributed by atoms with Crippen LogP contribution in [0.2, 0.25) is 5.02 Å². The lowest BCUT2D eigenvalue weighted by Crippen LogP contribution is -2.56. The van der Waals surface area contributed by atoms with Gasteiger partial charge in [0.2, 0.25) is 0 Å². The van der Waals surface area contributed by atoms with Gasteiger partial charge in [0.05, 0.1) is 21.1 Å². The van der Waals surface area contributed by atoms with E-state index >= 15 is 0 Å². The van der Waals surface area contributed by atoms with Crippen LogP contribution in [0.4, 0.5) is 4.39 Å². The predicted molar refractivity (Wildman–Crippen MR) is 79.0 cm³/mol. The third-order valence-electron chi connectivity index (χ3n) is 3.22. The zero-order valence-corrected chi connectivity index (χ0v) is 12.4. The number of nitrogens with two attached hydrogens (primary N) is 1. The molecule has 1 amide bonds. The molecule has 0 fully saturated rings. The van der Waals surface area contributed by atoms with Crippen LogP contribution in [0.5, 0.6) is 0 Å². The molecule has 3 nitrogen and oxygen atoms in total. The highest BCUT2D eigenvalue weighted by atomic mass is 35.5. The van der Waals surface area contributed by atoms with E-state index in [1.165, 1.54) is 18.2 Å². The van der Waals surface area contributed by atoms with E-state index in [-0.39, 0.29) is 15.6 Å². The van der Waals surface area contributed by atoms with Gasteiger partial charge in [-0.2, -0.15) is 0 Å². The molecule has 19 heavy (non-hydrogen) atoms. The second-order valence-electron chi connectivity index (χ2n) is 4.20. The average Bonchev–Trinajstić information content (AvgIpc) is 2.35. The third-order valence-corrected chi connectivity index (χ3v) is 3.93. The third kappa shape index (κ3) is 3.22. The van der Waals surface area contributed by atoms with Crippen LogP contribution in [0.3, 0.4) is 0 Å². The molecule has 0 saturated carbocycles. The van der Waals surface area contributed by atoms with Crippen molar-refractivity contribution >= 4 is 34.7 Å². The van der Waals surface area contributed by atoms with Gasteiger partial charge in [-0.05, 0) is 25.0 Å². The van der Waals surface area contributed by atoms with Gasteiger partial charge in [0.1, 0.15) is 5.82 Å². The first-order valence-electron chi connectivity index (χ1n) is 5.94. The second kappa shape index (κ2) is 6.30. The second-order valence-corrected chi connectivity index (χ2v) is 5.05. The lowest BCUT2D eigenvalue weighted by Gasteiger charge is -2.31. The molecule has 0 unspecified atom stereocenters. The number of hydrogen-bond donors (Lipinski definition) is 2. The molecule has 0 aliphatic carbocycles. The van der Waals surface area contributed by atoms with Crippen molar-refractivity contribution in [1.82, 2.24) is 5.32 Å². The maximum absolute atomic E-state index is 13.7. The Kier molecular flexibility index (Phi) is 5.26. The Balaban J connectivity index is 3.11. The summed E-state index contributed by atoms with van der Waals surface area (Å²) in [4.78, 5) is 12.4. The zero-order valence-electron chi connectivity index (χ0n) is 10.8. The molecule has 0 aliphatic rings. The summed E-state index contributed by atoms with van der Waals surface area (Å²) < 4.78 is 13.7. The fourth-order valence-electron chi connectivity index (χ4n) is 1.83. The Morgan fingerprint density at radius 1 is 1.47 bits per heavy atom. The number of halogens is 2. The highest BCUT2D eigenvalue weighted by molar-refractivity contribution is 7.80. The van der Waals surface area contributed by atoms with Crippen molar-refractivity contribution in [3.8, 4) is 0 Å². The SMILES string of the molecule is CCC(CC)(NC(=O)c1c(F)cccc1Cl)C(N)=S. The Morgan fingerprint density at radius 3 is 2.47 bits per heavy atom. The van der Waals surface area contributed by atoms with Crippen LogP contribution in [0.15, 0.2) is 18.2 Å². The van der Waals surface area contributed by atoms with Gasteiger partial charge in [-0.3, -0.25) is 4.79 Å². The lowest BCUT2D eigenvalue weighted by atomic mass is 9.92. The monoisotopic (exact) mass is 302 g/mol. The van der Waals surface area contributed by atoms with Crippen molar-refractivity contribution in [2.75, 3.05) is 0 Å². The maximum atomic E-state index is 13.7. The van der Waals surface area contributed by atoms with Crippen LogP contribution in [0.25, 0.3) is 0 Å². The Morgan fingerprint density at radius 2 is 2.05 bits per heavy atom. The minimum absolute atomic E-state index is 0.0570. The molecule has 0 aliphatic heterocycles. The molecule has 0 radical (unpaired) electrons. The molecule has 6 heteroatoms. The van der Waals surface area contributed by atoms with E-state index in [0.29, 0.717) is 12.8 Å². The first-order valence-corrected chi connectivity index (χ1v) is 6.73. The average molecular weight is 303 g/mol. The quantitative estimate of drug-likeness (QED) is 0.822. The summed E-state index contributed by atoms with van der Waals surface area (Å²) in [6, 6.07) is 4.08. The van der Waals surface area contributed by atoms with E-state index in [4.69, 9.17) is 29.6 Å². The highest BCUT2D eigenvalue weighted by Gasteiger charge is 2.32. The lowest BCUT2D eigenvalue weighted by molar-refractivity contribution is 0.0916. The van der Waals surface area contributed by atoms with Crippen molar-refractivity contribution < 1.29 is 9.18 Å². The van der Waals surface area contributed by atoms with Gasteiger partial charge >= 0.3 is 0 Å². The summed E-state index contributed by atoms with van der Waals surface area (Å²) in [5, 5.41) is 2.75. The fourth-order valence-corrected chi connectivity index (χ4v) is 2.42. The van der Waals surface area contributed by atoms with E-state index in [2.05, 4.69) is 5.32 Å². The number of nitrogens with one attached hydrogen (secondary N) is 1. The number of carbonyl (C=O) groups excluding carboxylic acids is 1. The molecule has 1 aromatic carbocycles. The normalized spacial score (nSPS) is 11.2. The van der Waals surface area contributed by atoms with Crippen LogP contribution >= 0.6 is 23.8 Å². The van der Waals surface area contributed by atoms with Crippen LogP contribution in [0, 0.1) is 5.82 Å². The summed E-state index contributed by atoms with van der Waals surface area (Å²) >= 11 is 10.9. The minimum atomic E-state index is -0.821. The van der Waals surface area contributed by atoms with E-state index in [1.54, 1.807) is 0 Å². The largest absolute Gasteiger partial charge is 0.391 e.